The topological polar surface area (TPSA) is 107 Å². The Balaban J connectivity index is 1.37. The van der Waals surface area contributed by atoms with Gasteiger partial charge in [0.25, 0.3) is 0 Å². The predicted octanol–water partition coefficient (Wildman–Crippen LogP) is 2.05. The van der Waals surface area contributed by atoms with E-state index in [0.717, 1.165) is 18.4 Å². The number of amides is 4. The molecule has 0 spiro atoms. The molecule has 2 saturated heterocycles. The van der Waals surface area contributed by atoms with Crippen LogP contribution in [-0.2, 0) is 20.9 Å². The highest BCUT2D eigenvalue weighted by Crippen LogP contribution is 2.48. The maximum absolute atomic E-state index is 12.6. The van der Waals surface area contributed by atoms with Gasteiger partial charge in [-0.3, -0.25) is 19.3 Å². The van der Waals surface area contributed by atoms with Gasteiger partial charge in [0.2, 0.25) is 11.8 Å². The molecule has 1 aliphatic carbocycles. The third kappa shape index (κ3) is 3.12. The zero-order valence-corrected chi connectivity index (χ0v) is 15.5. The molecule has 2 atom stereocenters. The molecule has 0 radical (unpaired) electrons. The summed E-state index contributed by atoms with van der Waals surface area (Å²) >= 11 is 0. The number of anilines is 1. The maximum atomic E-state index is 12.6. The molecular formula is C20H23N3O5. The Morgan fingerprint density at radius 3 is 2.43 bits per heavy atom. The van der Waals surface area contributed by atoms with E-state index in [9.17, 15) is 24.3 Å². The first-order valence-corrected chi connectivity index (χ1v) is 9.60. The van der Waals surface area contributed by atoms with Crippen LogP contribution in [0, 0.1) is 11.3 Å². The minimum Gasteiger partial charge on any atom is -0.481 e. The molecule has 1 saturated carbocycles. The summed E-state index contributed by atoms with van der Waals surface area (Å²) in [6, 6.07) is 6.69. The van der Waals surface area contributed by atoms with E-state index < -0.39 is 11.4 Å². The summed E-state index contributed by atoms with van der Waals surface area (Å²) in [4.78, 5) is 50.6. The molecule has 3 fully saturated rings. The standard InChI is InChI=1S/C20H23N3O5/c24-16-7-8-17(25)23(16)10-13-3-5-15(6-4-13)21-19(28)22-11-14-2-1-9-20(14,12-22)18(26)27/h3-6,14H,1-2,7-12H2,(H,21,28)(H,26,27)/t14-,20+/m0/s1. The van der Waals surface area contributed by atoms with Crippen molar-refractivity contribution >= 4 is 29.5 Å². The number of aliphatic carboxylic acids is 1. The lowest BCUT2D eigenvalue weighted by atomic mass is 9.81. The molecule has 0 bridgehead atoms. The number of nitrogens with one attached hydrogen (secondary N) is 1. The minimum absolute atomic E-state index is 0.0219. The Hall–Kier alpha value is -2.90. The third-order valence-corrected chi connectivity index (χ3v) is 6.28. The van der Waals surface area contributed by atoms with Crippen LogP contribution in [0.4, 0.5) is 10.5 Å². The van der Waals surface area contributed by atoms with Crippen molar-refractivity contribution < 1.29 is 24.3 Å². The quantitative estimate of drug-likeness (QED) is 0.772. The average molecular weight is 385 g/mol. The van der Waals surface area contributed by atoms with Crippen molar-refractivity contribution in [2.45, 2.75) is 38.6 Å². The summed E-state index contributed by atoms with van der Waals surface area (Å²) < 4.78 is 0. The van der Waals surface area contributed by atoms with Gasteiger partial charge in [-0.15, -0.1) is 0 Å². The summed E-state index contributed by atoms with van der Waals surface area (Å²) in [7, 11) is 0. The lowest BCUT2D eigenvalue weighted by Gasteiger charge is -2.23. The molecule has 148 valence electrons. The van der Waals surface area contributed by atoms with Gasteiger partial charge in [-0.2, -0.15) is 0 Å². The molecule has 0 aromatic heterocycles. The number of carbonyl (C=O) groups excluding carboxylic acids is 3. The van der Waals surface area contributed by atoms with Crippen LogP contribution in [0.15, 0.2) is 24.3 Å². The molecule has 0 unspecified atom stereocenters. The highest BCUT2D eigenvalue weighted by atomic mass is 16.4. The van der Waals surface area contributed by atoms with E-state index in [4.69, 9.17) is 0 Å². The van der Waals surface area contributed by atoms with Gasteiger partial charge in [0.15, 0.2) is 0 Å². The third-order valence-electron chi connectivity index (χ3n) is 6.28. The summed E-state index contributed by atoms with van der Waals surface area (Å²) in [5.41, 5.74) is 0.604. The molecule has 1 aromatic rings. The van der Waals surface area contributed by atoms with E-state index in [1.807, 2.05) is 0 Å². The van der Waals surface area contributed by atoms with Gasteiger partial charge in [0.05, 0.1) is 12.0 Å². The Kier molecular flexibility index (Phi) is 4.56. The molecule has 2 aliphatic heterocycles. The number of carbonyl (C=O) groups is 4. The number of likely N-dealkylation sites (tertiary alicyclic amines) is 2. The van der Waals surface area contributed by atoms with Crippen LogP contribution in [0.5, 0.6) is 0 Å². The predicted molar refractivity (Wildman–Crippen MR) is 99.2 cm³/mol. The smallest absolute Gasteiger partial charge is 0.321 e. The van der Waals surface area contributed by atoms with Crippen molar-refractivity contribution in [2.75, 3.05) is 18.4 Å². The molecule has 4 amide bonds. The molecule has 1 aromatic carbocycles. The summed E-state index contributed by atoms with van der Waals surface area (Å²) in [6.07, 6.45) is 2.90. The Labute approximate surface area is 162 Å². The monoisotopic (exact) mass is 385 g/mol. The SMILES string of the molecule is O=C(Nc1ccc(CN2C(=O)CCC2=O)cc1)N1C[C@@H]2CCC[C@@]2(C(=O)O)C1. The fraction of sp³-hybridized carbons (Fsp3) is 0.500. The summed E-state index contributed by atoms with van der Waals surface area (Å²) in [5.74, 6) is -1.10. The molecule has 2 heterocycles. The van der Waals surface area contributed by atoms with Crippen LogP contribution in [-0.4, -0.2) is 51.8 Å². The maximum Gasteiger partial charge on any atom is 0.321 e. The van der Waals surface area contributed by atoms with Gasteiger partial charge in [0, 0.05) is 31.6 Å². The first-order chi connectivity index (χ1) is 13.4. The first kappa shape index (κ1) is 18.5. The molecule has 8 nitrogen and oxygen atoms in total. The van der Waals surface area contributed by atoms with Crippen molar-refractivity contribution in [3.05, 3.63) is 29.8 Å². The zero-order chi connectivity index (χ0) is 19.9. The van der Waals surface area contributed by atoms with Crippen molar-refractivity contribution in [1.82, 2.24) is 9.80 Å². The van der Waals surface area contributed by atoms with E-state index in [0.29, 0.717) is 18.7 Å². The van der Waals surface area contributed by atoms with Gasteiger partial charge < -0.3 is 15.3 Å². The van der Waals surface area contributed by atoms with Gasteiger partial charge in [-0.1, -0.05) is 18.6 Å². The second-order valence-electron chi connectivity index (χ2n) is 7.93. The van der Waals surface area contributed by atoms with Crippen molar-refractivity contribution in [2.24, 2.45) is 11.3 Å². The molecule has 28 heavy (non-hydrogen) atoms. The lowest BCUT2D eigenvalue weighted by Crippen LogP contribution is -2.38. The second kappa shape index (κ2) is 6.92. The molecule has 4 rings (SSSR count). The Bertz CT molecular complexity index is 821. The fourth-order valence-corrected chi connectivity index (χ4v) is 4.67. The molecule has 2 N–H and O–H groups in total. The van der Waals surface area contributed by atoms with Crippen molar-refractivity contribution in [1.29, 1.82) is 0 Å². The van der Waals surface area contributed by atoms with Crippen LogP contribution in [0.1, 0.15) is 37.7 Å². The Morgan fingerprint density at radius 1 is 1.14 bits per heavy atom. The summed E-state index contributed by atoms with van der Waals surface area (Å²) in [5, 5.41) is 12.5. The van der Waals surface area contributed by atoms with Gasteiger partial charge in [0.1, 0.15) is 0 Å². The van der Waals surface area contributed by atoms with Gasteiger partial charge >= 0.3 is 12.0 Å². The Morgan fingerprint density at radius 2 is 1.82 bits per heavy atom. The van der Waals surface area contributed by atoms with Gasteiger partial charge in [-0.25, -0.2) is 4.79 Å². The highest BCUT2D eigenvalue weighted by molar-refractivity contribution is 6.01. The van der Waals surface area contributed by atoms with Gasteiger partial charge in [-0.05, 0) is 36.5 Å². The van der Waals surface area contributed by atoms with E-state index in [1.165, 1.54) is 4.90 Å². The molecule has 8 heteroatoms. The lowest BCUT2D eigenvalue weighted by molar-refractivity contribution is -0.149. The van der Waals surface area contributed by atoms with E-state index in [1.54, 1.807) is 29.2 Å². The van der Waals surface area contributed by atoms with Crippen LogP contribution in [0.3, 0.4) is 0 Å². The number of fused-ring (bicyclic) bond motifs is 1. The van der Waals surface area contributed by atoms with Crippen molar-refractivity contribution in [3.63, 3.8) is 0 Å². The largest absolute Gasteiger partial charge is 0.481 e. The van der Waals surface area contributed by atoms with Crippen LogP contribution in [0.2, 0.25) is 0 Å². The number of imide groups is 1. The van der Waals surface area contributed by atoms with Crippen LogP contribution in [0.25, 0.3) is 0 Å². The number of hydrogen-bond acceptors (Lipinski definition) is 4. The van der Waals surface area contributed by atoms with E-state index in [2.05, 4.69) is 5.32 Å². The molecular weight excluding hydrogens is 362 g/mol. The number of rotatable bonds is 4. The summed E-state index contributed by atoms with van der Waals surface area (Å²) in [6.45, 7) is 0.951. The highest BCUT2D eigenvalue weighted by Gasteiger charge is 2.55. The van der Waals surface area contributed by atoms with Crippen molar-refractivity contribution in [3.8, 4) is 0 Å². The average Bonchev–Trinajstić information content (AvgIpc) is 3.32. The van der Waals surface area contributed by atoms with E-state index >= 15 is 0 Å². The minimum atomic E-state index is -0.805. The fourth-order valence-electron chi connectivity index (χ4n) is 4.67. The number of carboxylic acids is 1. The normalized spacial score (nSPS) is 26.6. The second-order valence-corrected chi connectivity index (χ2v) is 7.93. The number of urea groups is 1. The zero-order valence-electron chi connectivity index (χ0n) is 15.5. The first-order valence-electron chi connectivity index (χ1n) is 9.60. The number of hydrogen-bond donors (Lipinski definition) is 2. The van der Waals surface area contributed by atoms with E-state index in [-0.39, 0.29) is 49.7 Å². The van der Waals surface area contributed by atoms with Crippen LogP contribution < -0.4 is 5.32 Å². The number of nitrogens with zero attached hydrogens (tertiary/aromatic N) is 2. The number of benzene rings is 1. The molecule has 3 aliphatic rings. The van der Waals surface area contributed by atoms with Crippen LogP contribution >= 0.6 is 0 Å². The number of carboxylic acid groups (broad SMARTS) is 1.